The van der Waals surface area contributed by atoms with Crippen LogP contribution in [0.3, 0.4) is 0 Å². The first-order valence-corrected chi connectivity index (χ1v) is 4.90. The maximum Gasteiger partial charge on any atom is 0.157 e. The first kappa shape index (κ1) is 8.38. The second-order valence-corrected chi connectivity index (χ2v) is 4.49. The second kappa shape index (κ2) is 2.92. The fourth-order valence-electron chi connectivity index (χ4n) is 1.39. The molecule has 0 radical (unpaired) electrons. The zero-order valence-corrected chi connectivity index (χ0v) is 8.44. The number of anilines is 1. The van der Waals surface area contributed by atoms with E-state index in [-0.39, 0.29) is 0 Å². The van der Waals surface area contributed by atoms with Gasteiger partial charge in [0.1, 0.15) is 0 Å². The van der Waals surface area contributed by atoms with E-state index >= 15 is 0 Å². The number of furan rings is 1. The first-order chi connectivity index (χ1) is 6.18. The highest BCUT2D eigenvalue weighted by molar-refractivity contribution is 7.12. The van der Waals surface area contributed by atoms with Gasteiger partial charge in [0, 0.05) is 21.4 Å². The van der Waals surface area contributed by atoms with Crippen molar-refractivity contribution in [2.75, 3.05) is 5.73 Å². The van der Waals surface area contributed by atoms with Gasteiger partial charge < -0.3 is 10.2 Å². The number of aryl methyl sites for hydroxylation is 2. The highest BCUT2D eigenvalue weighted by Crippen LogP contribution is 2.34. The Morgan fingerprint density at radius 3 is 2.62 bits per heavy atom. The predicted octanol–water partition coefficient (Wildman–Crippen LogP) is 3.21. The van der Waals surface area contributed by atoms with Gasteiger partial charge in [0.05, 0.1) is 12.0 Å². The van der Waals surface area contributed by atoms with Crippen molar-refractivity contribution in [1.29, 1.82) is 0 Å². The van der Waals surface area contributed by atoms with E-state index in [4.69, 9.17) is 10.2 Å². The van der Waals surface area contributed by atoms with Crippen molar-refractivity contribution >= 4 is 17.0 Å². The molecule has 0 amide bonds. The first-order valence-electron chi connectivity index (χ1n) is 4.09. The monoisotopic (exact) mass is 193 g/mol. The fourth-order valence-corrected chi connectivity index (χ4v) is 2.32. The summed E-state index contributed by atoms with van der Waals surface area (Å²) in [7, 11) is 0. The summed E-state index contributed by atoms with van der Waals surface area (Å²) >= 11 is 1.76. The van der Waals surface area contributed by atoms with Crippen LogP contribution < -0.4 is 5.73 Å². The van der Waals surface area contributed by atoms with Gasteiger partial charge in [-0.3, -0.25) is 0 Å². The number of hydrogen-bond donors (Lipinski definition) is 1. The maximum atomic E-state index is 5.76. The lowest BCUT2D eigenvalue weighted by atomic mass is 10.2. The van der Waals surface area contributed by atoms with Crippen LogP contribution in [0, 0.1) is 13.8 Å². The number of hydrogen-bond acceptors (Lipinski definition) is 3. The molecule has 3 heteroatoms. The van der Waals surface area contributed by atoms with Crippen molar-refractivity contribution in [2.24, 2.45) is 0 Å². The van der Waals surface area contributed by atoms with E-state index in [1.165, 1.54) is 9.75 Å². The van der Waals surface area contributed by atoms with Gasteiger partial charge in [0.2, 0.25) is 0 Å². The smallest absolute Gasteiger partial charge is 0.157 e. The number of nitrogens with two attached hydrogens (primary N) is 1. The van der Waals surface area contributed by atoms with Crippen molar-refractivity contribution in [2.45, 2.75) is 13.8 Å². The molecule has 2 N–H and O–H groups in total. The van der Waals surface area contributed by atoms with Crippen molar-refractivity contribution in [1.82, 2.24) is 0 Å². The SMILES string of the molecule is Cc1cc(-c2occc2N)c(C)s1. The molecule has 0 atom stereocenters. The number of thiophene rings is 1. The summed E-state index contributed by atoms with van der Waals surface area (Å²) < 4.78 is 5.33. The van der Waals surface area contributed by atoms with Crippen LogP contribution in [0.15, 0.2) is 22.8 Å². The molecule has 68 valence electrons. The van der Waals surface area contributed by atoms with E-state index < -0.39 is 0 Å². The summed E-state index contributed by atoms with van der Waals surface area (Å²) in [4.78, 5) is 2.53. The van der Waals surface area contributed by atoms with Crippen LogP contribution in [-0.2, 0) is 0 Å². The summed E-state index contributed by atoms with van der Waals surface area (Å²) in [6.07, 6.45) is 1.62. The van der Waals surface area contributed by atoms with Crippen molar-refractivity contribution in [3.05, 3.63) is 28.2 Å². The van der Waals surface area contributed by atoms with E-state index in [9.17, 15) is 0 Å². The zero-order valence-electron chi connectivity index (χ0n) is 7.63. The lowest BCUT2D eigenvalue weighted by Crippen LogP contribution is -1.83. The summed E-state index contributed by atoms with van der Waals surface area (Å²) in [5.41, 5.74) is 7.59. The summed E-state index contributed by atoms with van der Waals surface area (Å²) in [6.45, 7) is 4.16. The summed E-state index contributed by atoms with van der Waals surface area (Å²) in [5, 5.41) is 0. The van der Waals surface area contributed by atoms with Crippen molar-refractivity contribution in [3.63, 3.8) is 0 Å². The lowest BCUT2D eigenvalue weighted by Gasteiger charge is -1.95. The Bertz CT molecular complexity index is 428. The molecule has 0 aliphatic heterocycles. The molecule has 13 heavy (non-hydrogen) atoms. The van der Waals surface area contributed by atoms with E-state index in [0.29, 0.717) is 5.69 Å². The molecule has 0 unspecified atom stereocenters. The van der Waals surface area contributed by atoms with E-state index in [2.05, 4.69) is 19.9 Å². The largest absolute Gasteiger partial charge is 0.462 e. The minimum Gasteiger partial charge on any atom is -0.462 e. The van der Waals surface area contributed by atoms with Crippen LogP contribution in [0.25, 0.3) is 11.3 Å². The minimum atomic E-state index is 0.709. The highest BCUT2D eigenvalue weighted by Gasteiger charge is 2.11. The molecule has 2 aromatic heterocycles. The highest BCUT2D eigenvalue weighted by atomic mass is 32.1. The van der Waals surface area contributed by atoms with Crippen LogP contribution in [0.2, 0.25) is 0 Å². The summed E-state index contributed by atoms with van der Waals surface area (Å²) in [6, 6.07) is 3.89. The Labute approximate surface area is 81.0 Å². The standard InChI is InChI=1S/C10H11NOS/c1-6-5-8(7(2)13-6)10-9(11)3-4-12-10/h3-5H,11H2,1-2H3. The molecule has 0 aromatic carbocycles. The minimum absolute atomic E-state index is 0.709. The van der Waals surface area contributed by atoms with Gasteiger partial charge in [-0.1, -0.05) is 0 Å². The molecule has 2 rings (SSSR count). The van der Waals surface area contributed by atoms with Gasteiger partial charge in [0.15, 0.2) is 5.76 Å². The Kier molecular flexibility index (Phi) is 1.88. The van der Waals surface area contributed by atoms with Gasteiger partial charge in [-0.25, -0.2) is 0 Å². The van der Waals surface area contributed by atoms with Crippen LogP contribution in [0.5, 0.6) is 0 Å². The number of nitrogen functional groups attached to an aromatic ring is 1. The third-order valence-electron chi connectivity index (χ3n) is 1.98. The molecule has 0 aliphatic rings. The van der Waals surface area contributed by atoms with Crippen molar-refractivity contribution in [3.8, 4) is 11.3 Å². The molecule has 0 saturated heterocycles. The van der Waals surface area contributed by atoms with Crippen LogP contribution in [0.4, 0.5) is 5.69 Å². The average Bonchev–Trinajstić information content (AvgIpc) is 2.58. The van der Waals surface area contributed by atoms with Crippen molar-refractivity contribution < 1.29 is 4.42 Å². The molecule has 0 bridgehead atoms. The Hall–Kier alpha value is -1.22. The second-order valence-electron chi connectivity index (χ2n) is 3.03. The molecule has 0 fully saturated rings. The molecule has 0 aliphatic carbocycles. The average molecular weight is 193 g/mol. The van der Waals surface area contributed by atoms with Crippen LogP contribution >= 0.6 is 11.3 Å². The number of rotatable bonds is 1. The molecule has 2 heterocycles. The normalized spacial score (nSPS) is 10.6. The van der Waals surface area contributed by atoms with Crippen LogP contribution in [0.1, 0.15) is 9.75 Å². The molecular weight excluding hydrogens is 182 g/mol. The van der Waals surface area contributed by atoms with Gasteiger partial charge in [-0.05, 0) is 19.9 Å². The predicted molar refractivity (Wildman–Crippen MR) is 55.9 cm³/mol. The Balaban J connectivity index is 2.58. The van der Waals surface area contributed by atoms with E-state index in [1.807, 2.05) is 0 Å². The zero-order chi connectivity index (χ0) is 9.42. The summed E-state index contributed by atoms with van der Waals surface area (Å²) in [5.74, 6) is 0.793. The lowest BCUT2D eigenvalue weighted by molar-refractivity contribution is 0.583. The molecule has 2 nitrogen and oxygen atoms in total. The Morgan fingerprint density at radius 1 is 1.38 bits per heavy atom. The van der Waals surface area contributed by atoms with Gasteiger partial charge in [-0.15, -0.1) is 11.3 Å². The molecule has 0 spiro atoms. The Morgan fingerprint density at radius 2 is 2.15 bits per heavy atom. The van der Waals surface area contributed by atoms with Gasteiger partial charge in [0.25, 0.3) is 0 Å². The molecular formula is C10H11NOS. The molecule has 0 saturated carbocycles. The van der Waals surface area contributed by atoms with Crippen LogP contribution in [-0.4, -0.2) is 0 Å². The third-order valence-corrected chi connectivity index (χ3v) is 2.95. The van der Waals surface area contributed by atoms with Gasteiger partial charge >= 0.3 is 0 Å². The third kappa shape index (κ3) is 1.35. The fraction of sp³-hybridized carbons (Fsp3) is 0.200. The van der Waals surface area contributed by atoms with E-state index in [0.717, 1.165) is 11.3 Å². The molecule has 2 aromatic rings. The van der Waals surface area contributed by atoms with Gasteiger partial charge in [-0.2, -0.15) is 0 Å². The quantitative estimate of drug-likeness (QED) is 0.755. The van der Waals surface area contributed by atoms with E-state index in [1.54, 1.807) is 23.7 Å². The maximum absolute atomic E-state index is 5.76. The topological polar surface area (TPSA) is 39.2 Å².